The van der Waals surface area contributed by atoms with Crippen molar-refractivity contribution < 1.29 is 13.2 Å². The maximum atomic E-state index is 11.7. The van der Waals surface area contributed by atoms with Crippen molar-refractivity contribution in [3.63, 3.8) is 0 Å². The summed E-state index contributed by atoms with van der Waals surface area (Å²) < 4.78 is 25.9. The average Bonchev–Trinajstić information content (AvgIpc) is 2.91. The molecule has 3 N–H and O–H groups in total. The van der Waals surface area contributed by atoms with Gasteiger partial charge in [0.25, 0.3) is 10.0 Å². The quantitative estimate of drug-likeness (QED) is 0.567. The summed E-state index contributed by atoms with van der Waals surface area (Å²) in [4.78, 5) is 11.4. The summed E-state index contributed by atoms with van der Waals surface area (Å²) in [5.74, 6) is -0.335. The van der Waals surface area contributed by atoms with E-state index in [1.807, 2.05) is 0 Å². The Morgan fingerprint density at radius 1 is 1.32 bits per heavy atom. The molecule has 8 heteroatoms. The number of amides is 1. The van der Waals surface area contributed by atoms with Gasteiger partial charge in [-0.1, -0.05) is 13.0 Å². The van der Waals surface area contributed by atoms with Gasteiger partial charge in [0.1, 0.15) is 4.21 Å². The van der Waals surface area contributed by atoms with Gasteiger partial charge in [-0.3, -0.25) is 4.79 Å². The first kappa shape index (κ1) is 16.1. The highest BCUT2D eigenvalue weighted by atomic mass is 32.2. The molecule has 0 atom stereocenters. The summed E-state index contributed by atoms with van der Waals surface area (Å²) in [5.41, 5.74) is 0. The van der Waals surface area contributed by atoms with Crippen molar-refractivity contribution in [2.24, 2.45) is 0 Å². The van der Waals surface area contributed by atoms with Crippen molar-refractivity contribution in [3.8, 4) is 0 Å². The largest absolute Gasteiger partial charge is 0.354 e. The van der Waals surface area contributed by atoms with Crippen LogP contribution in [0.1, 0.15) is 13.3 Å². The molecule has 0 bridgehead atoms. The molecule has 0 aliphatic rings. The van der Waals surface area contributed by atoms with Gasteiger partial charge in [0.15, 0.2) is 0 Å². The number of sulfonamides is 1. The molecule has 0 radical (unpaired) electrons. The number of hydrogen-bond acceptors (Lipinski definition) is 5. The van der Waals surface area contributed by atoms with Gasteiger partial charge in [0, 0.05) is 13.1 Å². The molecule has 0 saturated carbocycles. The Morgan fingerprint density at radius 3 is 2.74 bits per heavy atom. The molecule has 6 nitrogen and oxygen atoms in total. The third-order valence-corrected chi connectivity index (χ3v) is 5.03. The molecule has 1 aromatic heterocycles. The number of rotatable bonds is 9. The fourth-order valence-electron chi connectivity index (χ4n) is 1.30. The molecule has 1 aromatic rings. The molecule has 108 valence electrons. The summed E-state index contributed by atoms with van der Waals surface area (Å²) in [7, 11) is -3.56. The SMILES string of the molecule is CCCNCCNC(=O)CNS(=O)(=O)c1cccs1. The first-order valence-electron chi connectivity index (χ1n) is 6.07. The van der Waals surface area contributed by atoms with Crippen LogP contribution >= 0.6 is 11.3 Å². The number of carbonyl (C=O) groups excluding carboxylic acids is 1. The van der Waals surface area contributed by atoms with E-state index in [-0.39, 0.29) is 16.7 Å². The molecule has 0 unspecified atom stereocenters. The summed E-state index contributed by atoms with van der Waals surface area (Å²) in [6.07, 6.45) is 1.04. The Bertz CT molecular complexity index is 471. The standard InChI is InChI=1S/C11H19N3O3S2/c1-2-5-12-6-7-13-10(15)9-14-19(16,17)11-4-3-8-18-11/h3-4,8,12,14H,2,5-7,9H2,1H3,(H,13,15). The lowest BCUT2D eigenvalue weighted by atomic mass is 10.4. The summed E-state index contributed by atoms with van der Waals surface area (Å²) in [6, 6.07) is 3.15. The highest BCUT2D eigenvalue weighted by molar-refractivity contribution is 7.91. The molecule has 0 aliphatic carbocycles. The third-order valence-electron chi connectivity index (χ3n) is 2.23. The van der Waals surface area contributed by atoms with Gasteiger partial charge in [0.2, 0.25) is 5.91 Å². The van der Waals surface area contributed by atoms with Crippen LogP contribution in [-0.2, 0) is 14.8 Å². The van der Waals surface area contributed by atoms with Crippen LogP contribution in [0.25, 0.3) is 0 Å². The molecule has 1 amide bonds. The molecular weight excluding hydrogens is 286 g/mol. The van der Waals surface area contributed by atoms with E-state index in [2.05, 4.69) is 22.3 Å². The third kappa shape index (κ3) is 6.15. The predicted octanol–water partition coefficient (Wildman–Crippen LogP) is 0.142. The molecule has 0 fully saturated rings. The van der Waals surface area contributed by atoms with E-state index in [0.29, 0.717) is 13.1 Å². The van der Waals surface area contributed by atoms with Crippen LogP contribution in [0.15, 0.2) is 21.7 Å². The monoisotopic (exact) mass is 305 g/mol. The minimum absolute atomic E-state index is 0.213. The van der Waals surface area contributed by atoms with Crippen LogP contribution in [-0.4, -0.2) is 40.5 Å². The zero-order chi connectivity index (χ0) is 14.1. The van der Waals surface area contributed by atoms with Gasteiger partial charge >= 0.3 is 0 Å². The van der Waals surface area contributed by atoms with E-state index in [1.54, 1.807) is 11.4 Å². The second-order valence-corrected chi connectivity index (χ2v) is 6.80. The van der Waals surface area contributed by atoms with Crippen molar-refractivity contribution in [1.82, 2.24) is 15.4 Å². The summed E-state index contributed by atoms with van der Waals surface area (Å²) in [6.45, 7) is 3.89. The van der Waals surface area contributed by atoms with Crippen LogP contribution < -0.4 is 15.4 Å². The van der Waals surface area contributed by atoms with Crippen molar-refractivity contribution >= 4 is 27.3 Å². The molecule has 1 rings (SSSR count). The Morgan fingerprint density at radius 2 is 2.11 bits per heavy atom. The molecule has 0 aliphatic heterocycles. The number of carbonyl (C=O) groups is 1. The lowest BCUT2D eigenvalue weighted by Gasteiger charge is -2.07. The Labute approximate surface area is 117 Å². The van der Waals surface area contributed by atoms with Crippen LogP contribution in [0.2, 0.25) is 0 Å². The second kappa shape index (κ2) is 8.26. The molecule has 0 saturated heterocycles. The molecular formula is C11H19N3O3S2. The lowest BCUT2D eigenvalue weighted by Crippen LogP contribution is -2.39. The predicted molar refractivity (Wildman–Crippen MR) is 75.7 cm³/mol. The number of nitrogens with one attached hydrogen (secondary N) is 3. The summed E-state index contributed by atoms with van der Waals surface area (Å²) in [5, 5.41) is 7.44. The Hall–Kier alpha value is -0.960. The van der Waals surface area contributed by atoms with Crippen molar-refractivity contribution in [3.05, 3.63) is 17.5 Å². The lowest BCUT2D eigenvalue weighted by molar-refractivity contribution is -0.119. The van der Waals surface area contributed by atoms with E-state index < -0.39 is 10.0 Å². The molecule has 19 heavy (non-hydrogen) atoms. The molecule has 1 heterocycles. The van der Waals surface area contributed by atoms with Crippen LogP contribution in [0.5, 0.6) is 0 Å². The first-order valence-corrected chi connectivity index (χ1v) is 8.43. The van der Waals surface area contributed by atoms with Crippen LogP contribution in [0.3, 0.4) is 0 Å². The van der Waals surface area contributed by atoms with Crippen molar-refractivity contribution in [2.75, 3.05) is 26.2 Å². The molecule has 0 spiro atoms. The second-order valence-electron chi connectivity index (χ2n) is 3.86. The minimum atomic E-state index is -3.56. The van der Waals surface area contributed by atoms with Crippen LogP contribution in [0, 0.1) is 0 Å². The van der Waals surface area contributed by atoms with E-state index in [4.69, 9.17) is 0 Å². The fraction of sp³-hybridized carbons (Fsp3) is 0.545. The molecule has 0 aromatic carbocycles. The fourth-order valence-corrected chi connectivity index (χ4v) is 3.32. The van der Waals surface area contributed by atoms with Gasteiger partial charge in [-0.05, 0) is 24.4 Å². The highest BCUT2D eigenvalue weighted by Crippen LogP contribution is 2.14. The van der Waals surface area contributed by atoms with Crippen molar-refractivity contribution in [2.45, 2.75) is 17.6 Å². The zero-order valence-corrected chi connectivity index (χ0v) is 12.4. The van der Waals surface area contributed by atoms with Gasteiger partial charge in [-0.2, -0.15) is 0 Å². The Kier molecular flexibility index (Phi) is 7.00. The first-order chi connectivity index (χ1) is 9.06. The van der Waals surface area contributed by atoms with E-state index in [1.165, 1.54) is 6.07 Å². The van der Waals surface area contributed by atoms with Gasteiger partial charge in [0.05, 0.1) is 6.54 Å². The van der Waals surface area contributed by atoms with Gasteiger partial charge < -0.3 is 10.6 Å². The smallest absolute Gasteiger partial charge is 0.250 e. The average molecular weight is 305 g/mol. The number of thiophene rings is 1. The van der Waals surface area contributed by atoms with Gasteiger partial charge in [-0.15, -0.1) is 11.3 Å². The minimum Gasteiger partial charge on any atom is -0.354 e. The van der Waals surface area contributed by atoms with Gasteiger partial charge in [-0.25, -0.2) is 13.1 Å². The Balaban J connectivity index is 2.23. The van der Waals surface area contributed by atoms with E-state index >= 15 is 0 Å². The van der Waals surface area contributed by atoms with E-state index in [0.717, 1.165) is 24.3 Å². The topological polar surface area (TPSA) is 87.3 Å². The highest BCUT2D eigenvalue weighted by Gasteiger charge is 2.15. The summed E-state index contributed by atoms with van der Waals surface area (Å²) >= 11 is 1.12. The maximum Gasteiger partial charge on any atom is 0.250 e. The maximum absolute atomic E-state index is 11.7. The number of hydrogen-bond donors (Lipinski definition) is 3. The van der Waals surface area contributed by atoms with Crippen molar-refractivity contribution in [1.29, 1.82) is 0 Å². The van der Waals surface area contributed by atoms with Crippen LogP contribution in [0.4, 0.5) is 0 Å². The zero-order valence-electron chi connectivity index (χ0n) is 10.8. The van der Waals surface area contributed by atoms with E-state index in [9.17, 15) is 13.2 Å². The normalized spacial score (nSPS) is 11.4.